The van der Waals surface area contributed by atoms with Gasteiger partial charge >= 0.3 is 0 Å². The molecule has 2 aromatic rings. The molecule has 7 nitrogen and oxygen atoms in total. The molecule has 2 heterocycles. The smallest absolute Gasteiger partial charge is 0.191 e. The number of para-hydroxylation sites is 1. The fourth-order valence-corrected chi connectivity index (χ4v) is 3.67. The maximum absolute atomic E-state index is 4.69. The SMILES string of the molecule is CCNC(=NCc1nncn1CC)NC1CCN(c2ccccc2Br)C1.I. The molecule has 9 heteroatoms. The van der Waals surface area contributed by atoms with Crippen molar-refractivity contribution in [2.24, 2.45) is 4.99 Å². The second kappa shape index (κ2) is 10.8. The van der Waals surface area contributed by atoms with Crippen LogP contribution in [0.5, 0.6) is 0 Å². The summed E-state index contributed by atoms with van der Waals surface area (Å²) in [5, 5.41) is 15.0. The van der Waals surface area contributed by atoms with Crippen LogP contribution in [0.4, 0.5) is 5.69 Å². The lowest BCUT2D eigenvalue weighted by molar-refractivity contribution is 0.644. The molecule has 1 unspecified atom stereocenters. The van der Waals surface area contributed by atoms with Gasteiger partial charge in [-0.1, -0.05) is 12.1 Å². The van der Waals surface area contributed by atoms with Gasteiger partial charge in [0, 0.05) is 36.7 Å². The maximum atomic E-state index is 4.69. The lowest BCUT2D eigenvalue weighted by atomic mass is 10.3. The number of aromatic nitrogens is 3. The quantitative estimate of drug-likeness (QED) is 0.330. The van der Waals surface area contributed by atoms with Crippen LogP contribution < -0.4 is 15.5 Å². The van der Waals surface area contributed by atoms with Crippen LogP contribution in [0.3, 0.4) is 0 Å². The Hall–Kier alpha value is -1.36. The van der Waals surface area contributed by atoms with E-state index >= 15 is 0 Å². The number of anilines is 1. The molecular weight excluding hydrogens is 521 g/mol. The summed E-state index contributed by atoms with van der Waals surface area (Å²) in [7, 11) is 0. The highest BCUT2D eigenvalue weighted by Crippen LogP contribution is 2.28. The Balaban J connectivity index is 0.00000261. The summed E-state index contributed by atoms with van der Waals surface area (Å²) in [6, 6.07) is 8.74. The van der Waals surface area contributed by atoms with E-state index in [1.54, 1.807) is 6.33 Å². The van der Waals surface area contributed by atoms with Crippen LogP contribution in [0.1, 0.15) is 26.1 Å². The molecule has 1 saturated heterocycles. The predicted octanol–water partition coefficient (Wildman–Crippen LogP) is 3.01. The highest BCUT2D eigenvalue weighted by atomic mass is 127. The molecule has 1 aromatic carbocycles. The second-order valence-corrected chi connectivity index (χ2v) is 7.11. The molecule has 27 heavy (non-hydrogen) atoms. The number of halogens is 2. The number of aryl methyl sites for hydroxylation is 1. The van der Waals surface area contributed by atoms with Crippen molar-refractivity contribution in [1.29, 1.82) is 0 Å². The van der Waals surface area contributed by atoms with Crippen LogP contribution >= 0.6 is 39.9 Å². The minimum Gasteiger partial charge on any atom is -0.368 e. The first-order valence-electron chi connectivity index (χ1n) is 9.12. The van der Waals surface area contributed by atoms with E-state index in [0.29, 0.717) is 12.6 Å². The van der Waals surface area contributed by atoms with Crippen LogP contribution in [-0.2, 0) is 13.1 Å². The van der Waals surface area contributed by atoms with Crippen LogP contribution in [0, 0.1) is 0 Å². The van der Waals surface area contributed by atoms with Crippen molar-refractivity contribution in [3.05, 3.63) is 40.9 Å². The van der Waals surface area contributed by atoms with Crippen molar-refractivity contribution >= 4 is 51.6 Å². The predicted molar refractivity (Wildman–Crippen MR) is 124 cm³/mol. The zero-order chi connectivity index (χ0) is 18.4. The normalized spacial score (nSPS) is 16.9. The summed E-state index contributed by atoms with van der Waals surface area (Å²) in [5.74, 6) is 1.71. The van der Waals surface area contributed by atoms with Crippen molar-refractivity contribution in [1.82, 2.24) is 25.4 Å². The lowest BCUT2D eigenvalue weighted by Gasteiger charge is -2.21. The summed E-state index contributed by atoms with van der Waals surface area (Å²) in [4.78, 5) is 7.09. The fraction of sp³-hybridized carbons (Fsp3) is 0.500. The molecule has 0 amide bonds. The van der Waals surface area contributed by atoms with Crippen LogP contribution in [0.25, 0.3) is 0 Å². The highest BCUT2D eigenvalue weighted by molar-refractivity contribution is 14.0. The Kier molecular flexibility index (Phi) is 8.81. The number of nitrogens with one attached hydrogen (secondary N) is 2. The first kappa shape index (κ1) is 21.9. The molecule has 1 aromatic heterocycles. The molecule has 2 N–H and O–H groups in total. The number of aliphatic imine (C=N–C) groups is 1. The van der Waals surface area contributed by atoms with Gasteiger partial charge in [0.25, 0.3) is 0 Å². The zero-order valence-electron chi connectivity index (χ0n) is 15.7. The molecule has 0 aliphatic carbocycles. The third-order valence-electron chi connectivity index (χ3n) is 4.48. The maximum Gasteiger partial charge on any atom is 0.191 e. The van der Waals surface area contributed by atoms with Gasteiger partial charge in [-0.25, -0.2) is 4.99 Å². The number of hydrogen-bond donors (Lipinski definition) is 2. The average Bonchev–Trinajstić information content (AvgIpc) is 3.29. The van der Waals surface area contributed by atoms with Crippen molar-refractivity contribution in [3.63, 3.8) is 0 Å². The molecule has 3 rings (SSSR count). The first-order valence-corrected chi connectivity index (χ1v) is 9.91. The number of rotatable bonds is 6. The van der Waals surface area contributed by atoms with E-state index in [0.717, 1.165) is 48.9 Å². The molecule has 0 radical (unpaired) electrons. The molecule has 0 saturated carbocycles. The minimum absolute atomic E-state index is 0. The monoisotopic (exact) mass is 547 g/mol. The van der Waals surface area contributed by atoms with Crippen molar-refractivity contribution < 1.29 is 0 Å². The largest absolute Gasteiger partial charge is 0.368 e. The fourth-order valence-electron chi connectivity index (χ4n) is 3.13. The van der Waals surface area contributed by atoms with Crippen molar-refractivity contribution in [2.75, 3.05) is 24.5 Å². The summed E-state index contributed by atoms with van der Waals surface area (Å²) in [5.41, 5.74) is 1.25. The Morgan fingerprint density at radius 3 is 2.89 bits per heavy atom. The van der Waals surface area contributed by atoms with Gasteiger partial charge in [-0.05, 0) is 48.3 Å². The summed E-state index contributed by atoms with van der Waals surface area (Å²) in [6.45, 7) is 8.34. The van der Waals surface area contributed by atoms with E-state index in [2.05, 4.69) is 78.7 Å². The molecule has 148 valence electrons. The standard InChI is InChI=1S/C18H26BrN7.HI/c1-3-20-18(21-11-17-24-22-13-25(17)4-2)23-14-9-10-26(12-14)16-8-6-5-7-15(16)19;/h5-8,13-14H,3-4,9-12H2,1-2H3,(H2,20,21,23);1H. The van der Waals surface area contributed by atoms with Gasteiger partial charge in [0.2, 0.25) is 0 Å². The van der Waals surface area contributed by atoms with Crippen molar-refractivity contribution in [2.45, 2.75) is 39.4 Å². The zero-order valence-corrected chi connectivity index (χ0v) is 19.6. The molecule has 0 spiro atoms. The summed E-state index contributed by atoms with van der Waals surface area (Å²) < 4.78 is 3.15. The van der Waals surface area contributed by atoms with Gasteiger partial charge in [-0.15, -0.1) is 34.2 Å². The second-order valence-electron chi connectivity index (χ2n) is 6.26. The molecule has 1 aliphatic heterocycles. The molecule has 1 atom stereocenters. The molecular formula is C18H27BrIN7. The van der Waals surface area contributed by atoms with Crippen LogP contribution in [-0.4, -0.2) is 46.4 Å². The third-order valence-corrected chi connectivity index (χ3v) is 5.15. The van der Waals surface area contributed by atoms with E-state index in [-0.39, 0.29) is 24.0 Å². The van der Waals surface area contributed by atoms with Crippen LogP contribution in [0.2, 0.25) is 0 Å². The Bertz CT molecular complexity index is 749. The number of hydrogen-bond acceptors (Lipinski definition) is 4. The Morgan fingerprint density at radius 2 is 2.15 bits per heavy atom. The van der Waals surface area contributed by atoms with E-state index < -0.39 is 0 Å². The minimum atomic E-state index is 0. The van der Waals surface area contributed by atoms with Gasteiger partial charge in [0.15, 0.2) is 11.8 Å². The van der Waals surface area contributed by atoms with Gasteiger partial charge in [0.05, 0.1) is 5.69 Å². The van der Waals surface area contributed by atoms with Gasteiger partial charge in [-0.2, -0.15) is 0 Å². The highest BCUT2D eigenvalue weighted by Gasteiger charge is 2.24. The van der Waals surface area contributed by atoms with Crippen LogP contribution in [0.15, 0.2) is 40.1 Å². The van der Waals surface area contributed by atoms with E-state index in [9.17, 15) is 0 Å². The average molecular weight is 548 g/mol. The number of guanidine groups is 1. The number of nitrogens with zero attached hydrogens (tertiary/aromatic N) is 5. The van der Waals surface area contributed by atoms with Gasteiger partial charge in [0.1, 0.15) is 12.9 Å². The van der Waals surface area contributed by atoms with E-state index in [1.165, 1.54) is 5.69 Å². The molecule has 0 bridgehead atoms. The molecule has 1 fully saturated rings. The van der Waals surface area contributed by atoms with E-state index in [4.69, 9.17) is 0 Å². The Morgan fingerprint density at radius 1 is 1.33 bits per heavy atom. The Labute approximate surface area is 186 Å². The number of benzene rings is 1. The molecule has 1 aliphatic rings. The lowest BCUT2D eigenvalue weighted by Crippen LogP contribution is -2.44. The first-order chi connectivity index (χ1) is 12.7. The third kappa shape index (κ3) is 5.81. The topological polar surface area (TPSA) is 70.4 Å². The van der Waals surface area contributed by atoms with Crippen molar-refractivity contribution in [3.8, 4) is 0 Å². The summed E-state index contributed by atoms with van der Waals surface area (Å²) >= 11 is 3.65. The van der Waals surface area contributed by atoms with Gasteiger partial charge < -0.3 is 20.1 Å². The van der Waals surface area contributed by atoms with Gasteiger partial charge in [-0.3, -0.25) is 0 Å². The summed E-state index contributed by atoms with van der Waals surface area (Å²) in [6.07, 6.45) is 2.83. The van der Waals surface area contributed by atoms with E-state index in [1.807, 2.05) is 10.6 Å².